The summed E-state index contributed by atoms with van der Waals surface area (Å²) in [5.41, 5.74) is 3.82. The van der Waals surface area contributed by atoms with E-state index in [0.717, 1.165) is 23.2 Å². The molecule has 1 N–H and O–H groups in total. The van der Waals surface area contributed by atoms with Crippen LogP contribution in [0, 0.1) is 5.92 Å². The van der Waals surface area contributed by atoms with Gasteiger partial charge < -0.3 is 5.32 Å². The SMILES string of the molecule is CN(c1ccccc1)S(=O)(=O)c1ccc2c(c1)C1C=CCC1C(c1cccnc1)N2. The third-order valence-electron chi connectivity index (χ3n) is 6.16. The fourth-order valence-corrected chi connectivity index (χ4v) is 5.79. The minimum absolute atomic E-state index is 0.153. The van der Waals surface area contributed by atoms with Crippen molar-refractivity contribution in [1.29, 1.82) is 0 Å². The lowest BCUT2D eigenvalue weighted by Gasteiger charge is -2.37. The maximum Gasteiger partial charge on any atom is 0.264 e. The molecule has 1 aliphatic heterocycles. The van der Waals surface area contributed by atoms with Crippen LogP contribution in [0.4, 0.5) is 11.4 Å². The van der Waals surface area contributed by atoms with E-state index in [4.69, 9.17) is 0 Å². The number of hydrogen-bond donors (Lipinski definition) is 1. The molecule has 2 aliphatic rings. The van der Waals surface area contributed by atoms with Crippen LogP contribution < -0.4 is 9.62 Å². The molecular formula is C24H23N3O2S. The van der Waals surface area contributed by atoms with Crippen LogP contribution in [0.5, 0.6) is 0 Å². The molecule has 2 aromatic carbocycles. The minimum atomic E-state index is -3.65. The van der Waals surface area contributed by atoms with Gasteiger partial charge in [0.1, 0.15) is 0 Å². The van der Waals surface area contributed by atoms with Gasteiger partial charge in [0.05, 0.1) is 16.6 Å². The molecule has 152 valence electrons. The molecule has 0 amide bonds. The largest absolute Gasteiger partial charge is 0.378 e. The van der Waals surface area contributed by atoms with Crippen LogP contribution in [0.25, 0.3) is 0 Å². The molecule has 5 nitrogen and oxygen atoms in total. The van der Waals surface area contributed by atoms with E-state index in [-0.39, 0.29) is 12.0 Å². The monoisotopic (exact) mass is 417 g/mol. The molecule has 1 aromatic heterocycles. The number of aromatic nitrogens is 1. The summed E-state index contributed by atoms with van der Waals surface area (Å²) in [6, 6.07) is 18.8. The average Bonchev–Trinajstić information content (AvgIpc) is 3.29. The molecule has 0 saturated heterocycles. The molecule has 6 heteroatoms. The van der Waals surface area contributed by atoms with E-state index in [0.29, 0.717) is 16.5 Å². The number of benzene rings is 2. The maximum atomic E-state index is 13.3. The van der Waals surface area contributed by atoms with Crippen molar-refractivity contribution in [1.82, 2.24) is 4.98 Å². The number of rotatable bonds is 4. The van der Waals surface area contributed by atoms with Crippen molar-refractivity contribution >= 4 is 21.4 Å². The van der Waals surface area contributed by atoms with Crippen LogP contribution in [0.1, 0.15) is 29.5 Å². The quantitative estimate of drug-likeness (QED) is 0.623. The molecule has 0 bridgehead atoms. The van der Waals surface area contributed by atoms with Crippen LogP contribution in [0.15, 0.2) is 90.1 Å². The number of nitrogens with one attached hydrogen (secondary N) is 1. The van der Waals surface area contributed by atoms with Gasteiger partial charge in [-0.25, -0.2) is 8.42 Å². The third-order valence-corrected chi connectivity index (χ3v) is 7.94. The molecule has 5 rings (SSSR count). The zero-order valence-corrected chi connectivity index (χ0v) is 17.5. The Hall–Kier alpha value is -3.12. The Morgan fingerprint density at radius 1 is 1.07 bits per heavy atom. The van der Waals surface area contributed by atoms with Gasteiger partial charge in [0.2, 0.25) is 0 Å². The summed E-state index contributed by atoms with van der Waals surface area (Å²) in [7, 11) is -2.05. The number of pyridine rings is 1. The second-order valence-electron chi connectivity index (χ2n) is 7.82. The fourth-order valence-electron chi connectivity index (χ4n) is 4.56. The molecule has 3 unspecified atom stereocenters. The zero-order chi connectivity index (χ0) is 20.7. The second-order valence-corrected chi connectivity index (χ2v) is 9.79. The zero-order valence-electron chi connectivity index (χ0n) is 16.6. The first-order valence-electron chi connectivity index (χ1n) is 10.1. The molecule has 2 heterocycles. The van der Waals surface area contributed by atoms with Crippen LogP contribution in [-0.4, -0.2) is 20.4 Å². The average molecular weight is 418 g/mol. The van der Waals surface area contributed by atoms with Crippen molar-refractivity contribution < 1.29 is 8.42 Å². The summed E-state index contributed by atoms with van der Waals surface area (Å²) in [5.74, 6) is 0.523. The lowest BCUT2D eigenvalue weighted by atomic mass is 9.77. The number of nitrogens with zero attached hydrogens (tertiary/aromatic N) is 2. The fraction of sp³-hybridized carbons (Fsp3) is 0.208. The van der Waals surface area contributed by atoms with E-state index in [9.17, 15) is 8.42 Å². The van der Waals surface area contributed by atoms with Gasteiger partial charge in [-0.15, -0.1) is 0 Å². The van der Waals surface area contributed by atoms with Crippen molar-refractivity contribution in [3.8, 4) is 0 Å². The molecule has 1 aliphatic carbocycles. The molecular weight excluding hydrogens is 394 g/mol. The number of allylic oxidation sites excluding steroid dienone is 2. The Balaban J connectivity index is 1.53. The number of fused-ring (bicyclic) bond motifs is 3. The maximum absolute atomic E-state index is 13.3. The highest BCUT2D eigenvalue weighted by Gasteiger charge is 2.38. The highest BCUT2D eigenvalue weighted by atomic mass is 32.2. The Kier molecular flexibility index (Phi) is 4.59. The smallest absolute Gasteiger partial charge is 0.264 e. The van der Waals surface area contributed by atoms with Gasteiger partial charge in [-0.1, -0.05) is 36.4 Å². The molecule has 30 heavy (non-hydrogen) atoms. The predicted octanol–water partition coefficient (Wildman–Crippen LogP) is 4.73. The molecule has 0 radical (unpaired) electrons. The van der Waals surface area contributed by atoms with Crippen LogP contribution in [0.2, 0.25) is 0 Å². The van der Waals surface area contributed by atoms with Crippen LogP contribution >= 0.6 is 0 Å². The summed E-state index contributed by atoms with van der Waals surface area (Å²) in [5, 5.41) is 3.64. The highest BCUT2D eigenvalue weighted by Crippen LogP contribution is 2.50. The summed E-state index contributed by atoms with van der Waals surface area (Å²) < 4.78 is 27.9. The Labute approximate surface area is 177 Å². The number of para-hydroxylation sites is 1. The summed E-state index contributed by atoms with van der Waals surface area (Å²) in [6.07, 6.45) is 9.06. The lowest BCUT2D eigenvalue weighted by molar-refractivity contribution is 0.424. The van der Waals surface area contributed by atoms with Gasteiger partial charge in [0.25, 0.3) is 10.0 Å². The van der Waals surface area contributed by atoms with Gasteiger partial charge in [-0.05, 0) is 59.9 Å². The first-order valence-corrected chi connectivity index (χ1v) is 11.5. The van der Waals surface area contributed by atoms with E-state index in [1.807, 2.05) is 42.6 Å². The molecule has 0 fully saturated rings. The summed E-state index contributed by atoms with van der Waals surface area (Å²) in [6.45, 7) is 0. The van der Waals surface area contributed by atoms with E-state index in [1.165, 1.54) is 4.31 Å². The summed E-state index contributed by atoms with van der Waals surface area (Å²) in [4.78, 5) is 4.59. The van der Waals surface area contributed by atoms with Gasteiger partial charge in [0.15, 0.2) is 0 Å². The highest BCUT2D eigenvalue weighted by molar-refractivity contribution is 7.92. The minimum Gasteiger partial charge on any atom is -0.378 e. The van der Waals surface area contributed by atoms with Gasteiger partial charge in [-0.3, -0.25) is 9.29 Å². The van der Waals surface area contributed by atoms with Crippen molar-refractivity contribution in [3.05, 3.63) is 96.3 Å². The first kappa shape index (κ1) is 18.9. The molecule has 3 aromatic rings. The van der Waals surface area contributed by atoms with Crippen molar-refractivity contribution in [2.24, 2.45) is 5.92 Å². The Morgan fingerprint density at radius 3 is 2.67 bits per heavy atom. The van der Waals surface area contributed by atoms with Crippen molar-refractivity contribution in [2.75, 3.05) is 16.7 Å². The third kappa shape index (κ3) is 3.08. The second kappa shape index (κ2) is 7.29. The van der Waals surface area contributed by atoms with Gasteiger partial charge in [-0.2, -0.15) is 0 Å². The van der Waals surface area contributed by atoms with Crippen LogP contribution in [0.3, 0.4) is 0 Å². The van der Waals surface area contributed by atoms with Gasteiger partial charge >= 0.3 is 0 Å². The summed E-state index contributed by atoms with van der Waals surface area (Å²) >= 11 is 0. The molecule has 0 spiro atoms. The van der Waals surface area contributed by atoms with E-state index < -0.39 is 10.0 Å². The van der Waals surface area contributed by atoms with Gasteiger partial charge in [0, 0.05) is 31.0 Å². The Bertz CT molecular complexity index is 1190. The van der Waals surface area contributed by atoms with E-state index >= 15 is 0 Å². The van der Waals surface area contributed by atoms with Crippen molar-refractivity contribution in [3.63, 3.8) is 0 Å². The topological polar surface area (TPSA) is 62.3 Å². The predicted molar refractivity (Wildman–Crippen MR) is 119 cm³/mol. The number of sulfonamides is 1. The van der Waals surface area contributed by atoms with E-state index in [1.54, 1.807) is 31.4 Å². The number of hydrogen-bond acceptors (Lipinski definition) is 4. The van der Waals surface area contributed by atoms with Crippen molar-refractivity contribution in [2.45, 2.75) is 23.3 Å². The van der Waals surface area contributed by atoms with E-state index in [2.05, 4.69) is 28.5 Å². The standard InChI is InChI=1S/C24H23N3O2S/c1-27(18-8-3-2-4-9-18)30(28,29)19-12-13-23-22(15-19)20-10-5-11-21(20)24(26-23)17-7-6-14-25-16-17/h2-10,12-16,20-21,24,26H,11H2,1H3. The molecule has 0 saturated carbocycles. The first-order chi connectivity index (χ1) is 14.6. The van der Waals surface area contributed by atoms with Crippen LogP contribution in [-0.2, 0) is 10.0 Å². The Morgan fingerprint density at radius 2 is 1.90 bits per heavy atom. The number of anilines is 2. The normalized spacial score (nSPS) is 22.1. The molecule has 3 atom stereocenters. The lowest BCUT2D eigenvalue weighted by Crippen LogP contribution is -2.30.